The van der Waals surface area contributed by atoms with E-state index in [0.717, 1.165) is 44.9 Å². The molecule has 0 saturated carbocycles. The lowest BCUT2D eigenvalue weighted by atomic mass is 10.0. The van der Waals surface area contributed by atoms with Crippen LogP contribution in [0.3, 0.4) is 0 Å². The van der Waals surface area contributed by atoms with Gasteiger partial charge in [-0.05, 0) is 57.8 Å². The summed E-state index contributed by atoms with van der Waals surface area (Å²) in [5.74, 6) is -0.00877. The van der Waals surface area contributed by atoms with Gasteiger partial charge in [0.1, 0.15) is 0 Å². The van der Waals surface area contributed by atoms with E-state index in [2.05, 4.69) is 43.5 Å². The van der Waals surface area contributed by atoms with Gasteiger partial charge in [0, 0.05) is 12.8 Å². The van der Waals surface area contributed by atoms with E-state index in [9.17, 15) is 19.8 Å². The maximum absolute atomic E-state index is 12.5. The number of carbonyl (C=O) groups is 2. The first kappa shape index (κ1) is 82.3. The number of unbranched alkanes of at least 4 members (excludes halogenated alkanes) is 58. The molecule has 2 atom stereocenters. The van der Waals surface area contributed by atoms with Gasteiger partial charge in [0.15, 0.2) is 0 Å². The third-order valence-corrected chi connectivity index (χ3v) is 18.3. The van der Waals surface area contributed by atoms with Gasteiger partial charge in [-0.15, -0.1) is 0 Å². The van der Waals surface area contributed by atoms with Crippen LogP contribution in [0.4, 0.5) is 0 Å². The van der Waals surface area contributed by atoms with Crippen LogP contribution in [0.2, 0.25) is 0 Å². The average Bonchev–Trinajstić information content (AvgIpc) is 3.53. The maximum atomic E-state index is 12.5. The lowest BCUT2D eigenvalue weighted by Crippen LogP contribution is -2.45. The number of esters is 1. The molecule has 0 aliphatic heterocycles. The minimum Gasteiger partial charge on any atom is -0.466 e. The summed E-state index contributed by atoms with van der Waals surface area (Å²) in [6, 6.07) is -0.540. The van der Waals surface area contributed by atoms with Crippen molar-refractivity contribution in [2.24, 2.45) is 0 Å². The van der Waals surface area contributed by atoms with Gasteiger partial charge in [0.2, 0.25) is 5.91 Å². The number of hydrogen-bond donors (Lipinski definition) is 3. The topological polar surface area (TPSA) is 95.9 Å². The molecule has 0 saturated heterocycles. The average molecular weight is 1180 g/mol. The van der Waals surface area contributed by atoms with Crippen molar-refractivity contribution < 1.29 is 24.5 Å². The molecule has 0 aromatic heterocycles. The second kappa shape index (κ2) is 73.8. The van der Waals surface area contributed by atoms with Gasteiger partial charge in [-0.2, -0.15) is 0 Å². The lowest BCUT2D eigenvalue weighted by Gasteiger charge is -2.22. The summed E-state index contributed by atoms with van der Waals surface area (Å²) < 4.78 is 5.49. The first-order chi connectivity index (χ1) is 41.5. The molecule has 0 aromatic carbocycles. The zero-order valence-corrected chi connectivity index (χ0v) is 57.2. The third kappa shape index (κ3) is 69.4. The van der Waals surface area contributed by atoms with Crippen LogP contribution in [0.15, 0.2) is 24.3 Å². The standard InChI is InChI=1S/C78H151NO5/c1-3-5-7-9-11-13-15-17-18-19-37-40-43-47-50-54-58-62-66-70-76(81)75(74-80)79-77(82)71-67-63-59-55-51-48-44-41-38-35-33-31-29-27-25-23-21-20-22-24-26-28-30-32-34-36-39-42-45-49-53-57-61-65-69-73-84-78(83)72-68-64-60-56-52-46-16-14-12-10-8-6-4-2/h22,24,28,30,75-76,80-81H,3-21,23,25-27,29,31-74H2,1-2H3,(H,79,82)/b24-22-,30-28-. The van der Waals surface area contributed by atoms with Crippen LogP contribution in [-0.4, -0.2) is 47.4 Å². The van der Waals surface area contributed by atoms with Crippen molar-refractivity contribution in [3.05, 3.63) is 24.3 Å². The second-order valence-electron chi connectivity index (χ2n) is 26.7. The Kier molecular flexibility index (Phi) is 72.3. The van der Waals surface area contributed by atoms with Crippen molar-refractivity contribution in [2.75, 3.05) is 13.2 Å². The largest absolute Gasteiger partial charge is 0.466 e. The minimum absolute atomic E-state index is 0.0192. The third-order valence-electron chi connectivity index (χ3n) is 18.3. The Morgan fingerprint density at radius 3 is 0.905 bits per heavy atom. The van der Waals surface area contributed by atoms with Crippen molar-refractivity contribution in [3.8, 4) is 0 Å². The predicted octanol–water partition coefficient (Wildman–Crippen LogP) is 25.3. The predicted molar refractivity (Wildman–Crippen MR) is 370 cm³/mol. The first-order valence-corrected chi connectivity index (χ1v) is 38.6. The monoisotopic (exact) mass is 1180 g/mol. The molecule has 0 spiro atoms. The highest BCUT2D eigenvalue weighted by Gasteiger charge is 2.20. The molecular formula is C78H151NO5. The summed E-state index contributed by atoms with van der Waals surface area (Å²) in [5.41, 5.74) is 0. The molecule has 0 fully saturated rings. The van der Waals surface area contributed by atoms with Gasteiger partial charge >= 0.3 is 5.97 Å². The Morgan fingerprint density at radius 2 is 0.595 bits per heavy atom. The number of amides is 1. The maximum Gasteiger partial charge on any atom is 0.305 e. The Morgan fingerprint density at radius 1 is 0.333 bits per heavy atom. The number of aliphatic hydroxyl groups excluding tert-OH is 2. The summed E-state index contributed by atoms with van der Waals surface area (Å²) in [5, 5.41) is 23.4. The van der Waals surface area contributed by atoms with Crippen molar-refractivity contribution in [3.63, 3.8) is 0 Å². The van der Waals surface area contributed by atoms with E-state index in [1.165, 1.54) is 360 Å². The molecule has 6 heteroatoms. The molecule has 0 heterocycles. The molecular weight excluding hydrogens is 1030 g/mol. The molecule has 0 radical (unpaired) electrons. The van der Waals surface area contributed by atoms with Crippen LogP contribution in [0.1, 0.15) is 438 Å². The number of nitrogens with one attached hydrogen (secondary N) is 1. The zero-order chi connectivity index (χ0) is 60.6. The van der Waals surface area contributed by atoms with E-state index in [-0.39, 0.29) is 18.5 Å². The number of hydrogen-bond acceptors (Lipinski definition) is 5. The van der Waals surface area contributed by atoms with E-state index in [4.69, 9.17) is 4.74 Å². The molecule has 0 aliphatic rings. The second-order valence-corrected chi connectivity index (χ2v) is 26.7. The van der Waals surface area contributed by atoms with Crippen LogP contribution >= 0.6 is 0 Å². The van der Waals surface area contributed by atoms with Crippen molar-refractivity contribution in [1.82, 2.24) is 5.32 Å². The fraction of sp³-hybridized carbons (Fsp3) is 0.923. The van der Waals surface area contributed by atoms with Crippen molar-refractivity contribution in [2.45, 2.75) is 450 Å². The van der Waals surface area contributed by atoms with E-state index < -0.39 is 12.1 Å². The number of allylic oxidation sites excluding steroid dienone is 4. The van der Waals surface area contributed by atoms with E-state index >= 15 is 0 Å². The van der Waals surface area contributed by atoms with Gasteiger partial charge in [0.25, 0.3) is 0 Å². The van der Waals surface area contributed by atoms with Crippen molar-refractivity contribution in [1.29, 1.82) is 0 Å². The summed E-state index contributed by atoms with van der Waals surface area (Å²) in [6.45, 7) is 5.00. The summed E-state index contributed by atoms with van der Waals surface area (Å²) in [7, 11) is 0. The summed E-state index contributed by atoms with van der Waals surface area (Å²) in [4.78, 5) is 24.6. The number of rotatable bonds is 73. The Labute approximate surface area is 526 Å². The normalized spacial score (nSPS) is 12.6. The highest BCUT2D eigenvalue weighted by Crippen LogP contribution is 2.20. The van der Waals surface area contributed by atoms with Crippen LogP contribution in [0.5, 0.6) is 0 Å². The molecule has 498 valence electrons. The van der Waals surface area contributed by atoms with Gasteiger partial charge in [-0.25, -0.2) is 0 Å². The van der Waals surface area contributed by atoms with Crippen molar-refractivity contribution >= 4 is 11.9 Å². The van der Waals surface area contributed by atoms with E-state index in [0.29, 0.717) is 25.9 Å². The van der Waals surface area contributed by atoms with Crippen LogP contribution < -0.4 is 5.32 Å². The van der Waals surface area contributed by atoms with E-state index in [1.807, 2.05) is 0 Å². The van der Waals surface area contributed by atoms with Crippen LogP contribution in [0, 0.1) is 0 Å². The smallest absolute Gasteiger partial charge is 0.305 e. The van der Waals surface area contributed by atoms with Gasteiger partial charge in [0.05, 0.1) is 25.4 Å². The molecule has 6 nitrogen and oxygen atoms in total. The zero-order valence-electron chi connectivity index (χ0n) is 57.2. The van der Waals surface area contributed by atoms with Gasteiger partial charge < -0.3 is 20.3 Å². The summed E-state index contributed by atoms with van der Waals surface area (Å²) >= 11 is 0. The Balaban J connectivity index is 3.36. The van der Waals surface area contributed by atoms with Gasteiger partial charge in [-0.3, -0.25) is 9.59 Å². The highest BCUT2D eigenvalue weighted by atomic mass is 16.5. The number of ether oxygens (including phenoxy) is 1. The minimum atomic E-state index is -0.663. The number of aliphatic hydroxyl groups is 2. The molecule has 2 unspecified atom stereocenters. The molecule has 1 amide bonds. The first-order valence-electron chi connectivity index (χ1n) is 38.6. The number of carbonyl (C=O) groups excluding carboxylic acids is 2. The molecule has 0 rings (SSSR count). The Bertz CT molecular complexity index is 1320. The van der Waals surface area contributed by atoms with Gasteiger partial charge in [-0.1, -0.05) is 391 Å². The molecule has 84 heavy (non-hydrogen) atoms. The van der Waals surface area contributed by atoms with Crippen LogP contribution in [0.25, 0.3) is 0 Å². The fourth-order valence-corrected chi connectivity index (χ4v) is 12.4. The fourth-order valence-electron chi connectivity index (χ4n) is 12.4. The molecule has 3 N–H and O–H groups in total. The van der Waals surface area contributed by atoms with Crippen LogP contribution in [-0.2, 0) is 14.3 Å². The molecule has 0 aromatic rings. The van der Waals surface area contributed by atoms with E-state index in [1.54, 1.807) is 0 Å². The molecule has 0 aliphatic carbocycles. The lowest BCUT2D eigenvalue weighted by molar-refractivity contribution is -0.143. The quantitative estimate of drug-likeness (QED) is 0.0320. The SMILES string of the molecule is CCCCCCCCCCCCCCCCCCCCCC(O)C(CO)NC(=O)CCCCCCCCCCCCCCCCCCC/C=C\C/C=C\CCCCCCCCCCCCCOC(=O)CCCCCCCCCCCCCCC. The molecule has 0 bridgehead atoms. The Hall–Kier alpha value is -1.66. The highest BCUT2D eigenvalue weighted by molar-refractivity contribution is 5.76. The summed E-state index contributed by atoms with van der Waals surface area (Å²) in [6.07, 6.45) is 94.0.